The van der Waals surface area contributed by atoms with Gasteiger partial charge in [0.15, 0.2) is 0 Å². The molecule has 8 rings (SSSR count). The molecule has 7 aromatic carbocycles. The molecule has 1 aromatic heterocycles. The number of rotatable bonds is 3. The summed E-state index contributed by atoms with van der Waals surface area (Å²) in [5.74, 6) is 0. The van der Waals surface area contributed by atoms with Crippen molar-refractivity contribution in [2.45, 2.75) is 0 Å². The molecule has 0 spiro atoms. The Labute approximate surface area is 348 Å². The minimum absolute atomic E-state index is 0.931. The lowest BCUT2D eigenvalue weighted by Crippen LogP contribution is -2.57. The first-order valence-electron chi connectivity index (χ1n) is 20.5. The third-order valence-corrected chi connectivity index (χ3v) is 15.2. The zero-order valence-electron chi connectivity index (χ0n) is 36.9. The topological polar surface area (TPSA) is 13.1 Å². The number of furan rings is 1. The normalized spacial score (nSPS) is 11.7. The molecule has 0 amide bonds. The molecule has 0 aliphatic heterocycles. The van der Waals surface area contributed by atoms with E-state index >= 15 is 0 Å². The maximum atomic E-state index is 6.39. The fraction of sp³-hybridized carbons (Fsp3) is 0. The highest BCUT2D eigenvalue weighted by Crippen LogP contribution is 2.43. The summed E-state index contributed by atoms with van der Waals surface area (Å²) >= 11 is 0. The molecule has 0 unspecified atom stereocenters. The van der Waals surface area contributed by atoms with Crippen LogP contribution in [0, 0.1) is 0 Å². The van der Waals surface area contributed by atoms with E-state index in [1.54, 1.807) is 0 Å². The van der Waals surface area contributed by atoms with Crippen LogP contribution in [-0.2, 0) is 0 Å². The molecule has 18 heteroatoms. The molecule has 0 N–H and O–H groups in total. The lowest BCUT2D eigenvalue weighted by Gasteiger charge is -2.32. The fourth-order valence-corrected chi connectivity index (χ4v) is 10.4. The highest BCUT2D eigenvalue weighted by molar-refractivity contribution is 6.74. The first-order valence-corrected chi connectivity index (χ1v) is 20.5. The number of para-hydroxylation sites is 1. The van der Waals surface area contributed by atoms with Gasteiger partial charge >= 0.3 is 0 Å². The second kappa shape index (κ2) is 13.5. The molecule has 0 saturated heterocycles. The molecule has 0 saturated carbocycles. The van der Waals surface area contributed by atoms with Crippen LogP contribution in [0.3, 0.4) is 0 Å². The zero-order valence-corrected chi connectivity index (χ0v) is 36.9. The predicted molar refractivity (Wildman–Crippen MR) is 304 cm³/mol. The minimum Gasteiger partial charge on any atom is -0.456 e. The monoisotopic (exact) mass is 700 g/mol. The van der Waals surface area contributed by atoms with Crippen molar-refractivity contribution >= 4 is 270 Å². The highest BCUT2D eigenvalue weighted by atomic mass is 16.3. The summed E-state index contributed by atoms with van der Waals surface area (Å²) < 4.78 is 6.39. The first-order chi connectivity index (χ1) is 26.4. The molecule has 0 atom stereocenters. The second-order valence-electron chi connectivity index (χ2n) is 17.3. The Morgan fingerprint density at radius 3 is 1.07 bits per heavy atom. The molecule has 0 aliphatic rings. The van der Waals surface area contributed by atoms with E-state index < -0.39 is 0 Å². The van der Waals surface area contributed by atoms with E-state index in [1.807, 2.05) is 0 Å². The maximum absolute atomic E-state index is 6.39. The van der Waals surface area contributed by atoms with Crippen LogP contribution in [0.2, 0.25) is 0 Å². The van der Waals surface area contributed by atoms with Gasteiger partial charge in [-0.15, -0.1) is 49.2 Å². The third-order valence-electron chi connectivity index (χ3n) is 15.2. The molecule has 8 aromatic rings. The average molecular weight is 698 g/mol. The lowest BCUT2D eigenvalue weighted by atomic mass is 9.55. The van der Waals surface area contributed by atoms with E-state index in [9.17, 15) is 0 Å². The summed E-state index contributed by atoms with van der Waals surface area (Å²) in [4.78, 5) is 0. The average Bonchev–Trinajstić information content (AvgIpc) is 3.57. The minimum atomic E-state index is 0.931. The van der Waals surface area contributed by atoms with Crippen molar-refractivity contribution in [1.82, 2.24) is 0 Å². The Balaban J connectivity index is 1.73. The molecule has 1 nitrogen and oxygen atoms in total. The van der Waals surface area contributed by atoms with Crippen molar-refractivity contribution in [3.05, 3.63) is 42.5 Å². The number of fused-ring (bicyclic) bond motifs is 5. The van der Waals surface area contributed by atoms with Crippen LogP contribution in [0.15, 0.2) is 46.9 Å². The lowest BCUT2D eigenvalue weighted by molar-refractivity contribution is 0.669. The van der Waals surface area contributed by atoms with Gasteiger partial charge in [-0.05, 0) is 73.1 Å². The first kappa shape index (κ1) is 38.8. The zero-order chi connectivity index (χ0) is 40.6. The molecule has 0 radical (unpaired) electrons. The molecule has 0 fully saturated rings. The van der Waals surface area contributed by atoms with Crippen molar-refractivity contribution in [3.8, 4) is 33.4 Å². The van der Waals surface area contributed by atoms with Crippen LogP contribution in [0.1, 0.15) is 0 Å². The van der Waals surface area contributed by atoms with E-state index in [4.69, 9.17) is 4.42 Å². The van der Waals surface area contributed by atoms with Gasteiger partial charge in [-0.3, -0.25) is 0 Å². The van der Waals surface area contributed by atoms with Crippen molar-refractivity contribution in [1.29, 1.82) is 0 Å². The molecule has 250 valence electrons. The van der Waals surface area contributed by atoms with Crippen LogP contribution in [0.25, 0.3) is 76.9 Å². The van der Waals surface area contributed by atoms with E-state index in [0.29, 0.717) is 0 Å². The Bertz CT molecular complexity index is 3000. The molecule has 56 heavy (non-hydrogen) atoms. The summed E-state index contributed by atoms with van der Waals surface area (Å²) in [6, 6.07) is 15.4. The SMILES string of the molecule is Bc1c(B)c(B)c(-c2c(B)c(B)c(B)c(B)c2-c2c3c(B)c(B)c(B)c(B)c3c(-c3ccc4oc5ccccc5c4c3)c3c(B)c(B)c(B)c(B)c23)c(B)c1B. The van der Waals surface area contributed by atoms with Crippen LogP contribution in [0.4, 0.5) is 0 Å². The van der Waals surface area contributed by atoms with Gasteiger partial charge < -0.3 is 4.42 Å². The van der Waals surface area contributed by atoms with E-state index in [1.165, 1.54) is 153 Å². The Hall–Kier alpha value is -4.04. The van der Waals surface area contributed by atoms with Crippen molar-refractivity contribution < 1.29 is 4.42 Å². The van der Waals surface area contributed by atoms with Crippen LogP contribution in [-0.4, -0.2) is 133 Å². The largest absolute Gasteiger partial charge is 0.456 e. The summed E-state index contributed by atoms with van der Waals surface area (Å²) in [6.07, 6.45) is 0. The van der Waals surface area contributed by atoms with Crippen LogP contribution >= 0.6 is 0 Å². The van der Waals surface area contributed by atoms with Crippen molar-refractivity contribution in [3.63, 3.8) is 0 Å². The van der Waals surface area contributed by atoms with Crippen LogP contribution < -0.4 is 92.9 Å². The smallest absolute Gasteiger partial charge is 0.139 e. The summed E-state index contributed by atoms with van der Waals surface area (Å²) in [6.45, 7) is 0. The highest BCUT2D eigenvalue weighted by Gasteiger charge is 2.29. The molecular formula is C38H41B17O. The predicted octanol–water partition coefficient (Wildman–Crippen LogP) is -18.7. The standard InChI is InChI=1S/C38H41B17O/c39-22-15-13(8-5-6-12-10(7-8)9-3-1-2-4-11(9)56-12)16-18(25(42)33(50)31(48)23(16)40)14(17(15)24(41)32(49)30(22)47)19-20(27(44)35(52)34(51)26(19)43)21-28(45)36(53)38(55)37(54)29(21)46/h1-7H,39-55H2. The van der Waals surface area contributed by atoms with Gasteiger partial charge in [-0.1, -0.05) is 68.0 Å². The quantitative estimate of drug-likeness (QED) is 0.132. The second-order valence-corrected chi connectivity index (χ2v) is 17.3. The van der Waals surface area contributed by atoms with Gasteiger partial charge in [0.05, 0.1) is 0 Å². The van der Waals surface area contributed by atoms with E-state index in [0.717, 1.165) is 16.6 Å². The summed E-state index contributed by atoms with van der Waals surface area (Å²) in [7, 11) is 40.0. The maximum Gasteiger partial charge on any atom is 0.139 e. The number of hydrogen-bond acceptors (Lipinski definition) is 1. The molecule has 0 aliphatic carbocycles. The fourth-order valence-electron chi connectivity index (χ4n) is 10.4. The Morgan fingerprint density at radius 1 is 0.268 bits per heavy atom. The summed E-state index contributed by atoms with van der Waals surface area (Å²) in [5, 5.41) is 7.85. The van der Waals surface area contributed by atoms with Gasteiger partial charge in [0.25, 0.3) is 0 Å². The Kier molecular flexibility index (Phi) is 9.38. The number of hydrogen-bond donors (Lipinski definition) is 0. The molecule has 1 heterocycles. The molecule has 0 bridgehead atoms. The third kappa shape index (κ3) is 5.19. The Morgan fingerprint density at radius 2 is 0.607 bits per heavy atom. The summed E-state index contributed by atoms with van der Waals surface area (Å²) in [5.41, 5.74) is 33.6. The van der Waals surface area contributed by atoms with Gasteiger partial charge in [0.2, 0.25) is 0 Å². The van der Waals surface area contributed by atoms with Gasteiger partial charge in [0.1, 0.15) is 145 Å². The van der Waals surface area contributed by atoms with Crippen LogP contribution in [0.5, 0.6) is 0 Å². The van der Waals surface area contributed by atoms with Gasteiger partial charge in [-0.25, -0.2) is 0 Å². The molecular weight excluding hydrogens is 656 g/mol. The van der Waals surface area contributed by atoms with Gasteiger partial charge in [0, 0.05) is 10.8 Å². The van der Waals surface area contributed by atoms with Gasteiger partial charge in [-0.2, -0.15) is 0 Å². The number of benzene rings is 7. The van der Waals surface area contributed by atoms with Crippen molar-refractivity contribution in [2.24, 2.45) is 0 Å². The van der Waals surface area contributed by atoms with E-state index in [-0.39, 0.29) is 0 Å². The van der Waals surface area contributed by atoms with Crippen molar-refractivity contribution in [2.75, 3.05) is 0 Å². The van der Waals surface area contributed by atoms with E-state index in [2.05, 4.69) is 176 Å².